The molecule has 2 aromatic carbocycles. The molecule has 2 N–H and O–H groups in total. The molecule has 38 heavy (non-hydrogen) atoms. The smallest absolute Gasteiger partial charge is 0.331 e. The van der Waals surface area contributed by atoms with Crippen molar-refractivity contribution in [3.8, 4) is 0 Å². The van der Waals surface area contributed by atoms with Crippen LogP contribution in [0.1, 0.15) is 58.1 Å². The summed E-state index contributed by atoms with van der Waals surface area (Å²) in [6.07, 6.45) is 5.13. The van der Waals surface area contributed by atoms with Gasteiger partial charge in [0.05, 0.1) is 12.3 Å². The topological polar surface area (TPSA) is 61.8 Å². The summed E-state index contributed by atoms with van der Waals surface area (Å²) < 4.78 is 6.38. The molecule has 1 radical (unpaired) electrons. The molecule has 0 spiro atoms. The lowest BCUT2D eigenvalue weighted by Crippen LogP contribution is -2.57. The first-order valence-electron chi connectivity index (χ1n) is 13.4. The van der Waals surface area contributed by atoms with E-state index in [-0.39, 0.29) is 5.41 Å². The second-order valence-electron chi connectivity index (χ2n) is 11.3. The zero-order valence-electron chi connectivity index (χ0n) is 23.6. The van der Waals surface area contributed by atoms with Crippen LogP contribution in [0.4, 0.5) is 0 Å². The highest BCUT2D eigenvalue weighted by molar-refractivity contribution is 6.48. The van der Waals surface area contributed by atoms with Gasteiger partial charge >= 0.3 is 5.97 Å². The van der Waals surface area contributed by atoms with Gasteiger partial charge in [-0.05, 0) is 49.2 Å². The van der Waals surface area contributed by atoms with Crippen LogP contribution in [0.15, 0.2) is 77.6 Å². The number of nitrogens with one attached hydrogen (secondary N) is 1. The standard InChI is InChI=1S/C31H42ClN2O3Si/c1-7-8-18-31(22-37-38(5)6)33-28(30(2,3)4)27(34(31)21-24-16-12-13-17-26(24)32)20-25(29(35)36)19-23-14-10-9-11-15-23/h9-17,20,33H,7-8,18-19,21-22H2,1-6H3,(H,35,36). The first-order chi connectivity index (χ1) is 18.0. The second kappa shape index (κ2) is 13.0. The van der Waals surface area contributed by atoms with Crippen LogP contribution in [0.2, 0.25) is 18.1 Å². The number of aliphatic carboxylic acids is 1. The molecule has 0 fully saturated rings. The van der Waals surface area contributed by atoms with Crippen molar-refractivity contribution < 1.29 is 14.3 Å². The molecule has 0 bridgehead atoms. The van der Waals surface area contributed by atoms with Crippen LogP contribution >= 0.6 is 11.6 Å². The van der Waals surface area contributed by atoms with E-state index in [0.717, 1.165) is 41.8 Å². The molecule has 1 atom stereocenters. The molecule has 1 aliphatic rings. The first kappa shape index (κ1) is 30.0. The molecule has 3 rings (SSSR count). The van der Waals surface area contributed by atoms with Gasteiger partial charge in [0, 0.05) is 34.7 Å². The molecule has 7 heteroatoms. The third-order valence-electron chi connectivity index (χ3n) is 6.82. The summed E-state index contributed by atoms with van der Waals surface area (Å²) in [7, 11) is -0.954. The number of rotatable bonds is 12. The molecule has 1 aliphatic heterocycles. The number of halogens is 1. The minimum atomic E-state index is -0.954. The van der Waals surface area contributed by atoms with Crippen LogP contribution in [0.3, 0.4) is 0 Å². The van der Waals surface area contributed by atoms with Gasteiger partial charge in [0.25, 0.3) is 0 Å². The van der Waals surface area contributed by atoms with E-state index in [9.17, 15) is 9.90 Å². The Labute approximate surface area is 235 Å². The average molecular weight is 554 g/mol. The summed E-state index contributed by atoms with van der Waals surface area (Å²) in [6.45, 7) is 14.0. The van der Waals surface area contributed by atoms with Crippen molar-refractivity contribution in [1.82, 2.24) is 10.2 Å². The van der Waals surface area contributed by atoms with Crippen molar-refractivity contribution in [3.63, 3.8) is 0 Å². The minimum Gasteiger partial charge on any atom is -0.478 e. The second-order valence-corrected chi connectivity index (χ2v) is 13.8. The highest BCUT2D eigenvalue weighted by Gasteiger charge is 2.47. The van der Waals surface area contributed by atoms with E-state index in [2.05, 4.69) is 51.0 Å². The van der Waals surface area contributed by atoms with Gasteiger partial charge in [-0.25, -0.2) is 4.79 Å². The number of carbonyl (C=O) groups is 1. The maximum absolute atomic E-state index is 12.5. The Morgan fingerprint density at radius 2 is 1.79 bits per heavy atom. The number of unbranched alkanes of at least 4 members (excludes halogenated alkanes) is 1. The van der Waals surface area contributed by atoms with E-state index in [4.69, 9.17) is 16.0 Å². The number of hydrogen-bond acceptors (Lipinski definition) is 4. The van der Waals surface area contributed by atoms with E-state index in [0.29, 0.717) is 30.2 Å². The maximum Gasteiger partial charge on any atom is 0.331 e. The van der Waals surface area contributed by atoms with E-state index in [1.54, 1.807) is 0 Å². The molecule has 5 nitrogen and oxygen atoms in total. The van der Waals surface area contributed by atoms with Crippen molar-refractivity contribution >= 4 is 26.6 Å². The molecule has 0 aromatic heterocycles. The average Bonchev–Trinajstić information content (AvgIpc) is 3.16. The number of carboxylic acid groups (broad SMARTS) is 1. The van der Waals surface area contributed by atoms with Crippen molar-refractivity contribution in [2.24, 2.45) is 5.41 Å². The molecule has 0 saturated carbocycles. The number of benzene rings is 2. The third kappa shape index (κ3) is 7.52. The van der Waals surface area contributed by atoms with Crippen molar-refractivity contribution in [3.05, 3.63) is 93.8 Å². The molecule has 0 amide bonds. The van der Waals surface area contributed by atoms with E-state index in [1.165, 1.54) is 0 Å². The van der Waals surface area contributed by atoms with Crippen molar-refractivity contribution in [1.29, 1.82) is 0 Å². The van der Waals surface area contributed by atoms with Crippen LogP contribution < -0.4 is 5.32 Å². The van der Waals surface area contributed by atoms with E-state index >= 15 is 0 Å². The Morgan fingerprint density at radius 1 is 1.13 bits per heavy atom. The normalized spacial score (nSPS) is 18.3. The monoisotopic (exact) mass is 553 g/mol. The fourth-order valence-corrected chi connectivity index (χ4v) is 5.49. The number of hydrogen-bond donors (Lipinski definition) is 2. The molecule has 0 aliphatic carbocycles. The van der Waals surface area contributed by atoms with Gasteiger partial charge in [0.2, 0.25) is 9.04 Å². The number of carboxylic acids is 1. The Bertz CT molecular complexity index is 1160. The maximum atomic E-state index is 12.5. The van der Waals surface area contributed by atoms with Crippen LogP contribution in [-0.2, 0) is 22.2 Å². The predicted molar refractivity (Wildman–Crippen MR) is 158 cm³/mol. The van der Waals surface area contributed by atoms with Gasteiger partial charge in [0.1, 0.15) is 5.66 Å². The van der Waals surface area contributed by atoms with Crippen molar-refractivity contribution in [2.75, 3.05) is 6.61 Å². The Kier molecular flexibility index (Phi) is 10.3. The lowest BCUT2D eigenvalue weighted by Gasteiger charge is -2.42. The molecule has 1 unspecified atom stereocenters. The molecular weight excluding hydrogens is 512 g/mol. The summed E-state index contributed by atoms with van der Waals surface area (Å²) in [5.41, 5.74) is 3.47. The van der Waals surface area contributed by atoms with Crippen molar-refractivity contribution in [2.45, 2.75) is 78.7 Å². The Hall–Kier alpha value is -2.54. The molecule has 0 saturated heterocycles. The highest BCUT2D eigenvalue weighted by Crippen LogP contribution is 2.42. The Morgan fingerprint density at radius 3 is 2.37 bits per heavy atom. The fraction of sp³-hybridized carbons (Fsp3) is 0.452. The SMILES string of the molecule is CCCCC1(CO[Si](C)C)NC(C(C)(C)C)=C(C=C(Cc2ccccc2)C(=O)O)N1Cc1ccccc1Cl. The molecular formula is C31H42ClN2O3Si. The summed E-state index contributed by atoms with van der Waals surface area (Å²) in [4.78, 5) is 14.9. The largest absolute Gasteiger partial charge is 0.478 e. The van der Waals surface area contributed by atoms with E-state index in [1.807, 2.05) is 60.7 Å². The molecule has 2 aromatic rings. The lowest BCUT2D eigenvalue weighted by atomic mass is 9.90. The predicted octanol–water partition coefficient (Wildman–Crippen LogP) is 7.41. The van der Waals surface area contributed by atoms with Gasteiger partial charge in [-0.1, -0.05) is 94.2 Å². The van der Waals surface area contributed by atoms with Gasteiger partial charge in [-0.15, -0.1) is 0 Å². The van der Waals surface area contributed by atoms with Crippen LogP contribution in [0, 0.1) is 5.41 Å². The van der Waals surface area contributed by atoms with E-state index < -0.39 is 20.7 Å². The minimum absolute atomic E-state index is 0.249. The van der Waals surface area contributed by atoms with Gasteiger partial charge in [-0.2, -0.15) is 0 Å². The number of nitrogens with zero attached hydrogens (tertiary/aromatic N) is 1. The third-order valence-corrected chi connectivity index (χ3v) is 7.91. The fourth-order valence-electron chi connectivity index (χ4n) is 4.77. The number of allylic oxidation sites excluding steroid dienone is 2. The highest BCUT2D eigenvalue weighted by atomic mass is 35.5. The molecule has 205 valence electrons. The van der Waals surface area contributed by atoms with Crippen LogP contribution in [-0.4, -0.2) is 37.3 Å². The van der Waals surface area contributed by atoms with Gasteiger partial charge in [-0.3, -0.25) is 0 Å². The Balaban J connectivity index is 2.21. The van der Waals surface area contributed by atoms with Crippen LogP contribution in [0.25, 0.3) is 0 Å². The summed E-state index contributed by atoms with van der Waals surface area (Å²) in [6, 6.07) is 17.6. The summed E-state index contributed by atoms with van der Waals surface area (Å²) in [5.74, 6) is -0.915. The first-order valence-corrected chi connectivity index (χ1v) is 16.2. The quantitative estimate of drug-likeness (QED) is 0.212. The van der Waals surface area contributed by atoms with Crippen LogP contribution in [0.5, 0.6) is 0 Å². The summed E-state index contributed by atoms with van der Waals surface area (Å²) >= 11 is 6.67. The summed E-state index contributed by atoms with van der Waals surface area (Å²) in [5, 5.41) is 14.9. The molecule has 1 heterocycles. The zero-order chi connectivity index (χ0) is 27.9. The zero-order valence-corrected chi connectivity index (χ0v) is 25.4. The van der Waals surface area contributed by atoms with Gasteiger partial charge < -0.3 is 19.7 Å². The lowest BCUT2D eigenvalue weighted by molar-refractivity contribution is -0.132. The van der Waals surface area contributed by atoms with Gasteiger partial charge in [0.15, 0.2) is 0 Å².